The van der Waals surface area contributed by atoms with Crippen LogP contribution >= 0.6 is 0 Å². The first kappa shape index (κ1) is 13.1. The summed E-state index contributed by atoms with van der Waals surface area (Å²) in [4.78, 5) is 0. The minimum atomic E-state index is -0.156. The lowest BCUT2D eigenvalue weighted by Gasteiger charge is -2.12. The fraction of sp³-hybridized carbons (Fsp3) is 0.538. The Balaban J connectivity index is 2.70. The summed E-state index contributed by atoms with van der Waals surface area (Å²) in [5.41, 5.74) is 8.28. The van der Waals surface area contributed by atoms with Gasteiger partial charge < -0.3 is 10.8 Å². The van der Waals surface area contributed by atoms with Crippen LogP contribution in [0.3, 0.4) is 0 Å². The number of hydrogen-bond donors (Lipinski definition) is 2. The highest BCUT2D eigenvalue weighted by atomic mass is 19.1. The second kappa shape index (κ2) is 5.97. The standard InChI is InChI=1S/C13H20FNO/c1-9-5-12(13(14)6-10(9)2)4-3-11(7-15)8-16/h5-6,11,16H,3-4,7-8,15H2,1-2H3. The molecule has 3 N–H and O–H groups in total. The highest BCUT2D eigenvalue weighted by molar-refractivity contribution is 5.31. The topological polar surface area (TPSA) is 46.2 Å². The van der Waals surface area contributed by atoms with E-state index in [0.29, 0.717) is 13.0 Å². The molecule has 1 rings (SSSR count). The van der Waals surface area contributed by atoms with Crippen molar-refractivity contribution in [1.82, 2.24) is 0 Å². The number of aryl methyl sites for hydroxylation is 3. The van der Waals surface area contributed by atoms with Gasteiger partial charge in [-0.05, 0) is 61.9 Å². The zero-order valence-corrected chi connectivity index (χ0v) is 9.96. The maximum Gasteiger partial charge on any atom is 0.126 e. The van der Waals surface area contributed by atoms with Gasteiger partial charge in [-0.1, -0.05) is 6.07 Å². The van der Waals surface area contributed by atoms with Crippen LogP contribution in [-0.2, 0) is 6.42 Å². The quantitative estimate of drug-likeness (QED) is 0.804. The van der Waals surface area contributed by atoms with Crippen LogP contribution in [0.2, 0.25) is 0 Å². The molecule has 2 nitrogen and oxygen atoms in total. The van der Waals surface area contributed by atoms with Gasteiger partial charge >= 0.3 is 0 Å². The van der Waals surface area contributed by atoms with Crippen LogP contribution in [0.4, 0.5) is 4.39 Å². The normalized spacial score (nSPS) is 12.8. The van der Waals surface area contributed by atoms with Crippen LogP contribution in [0.25, 0.3) is 0 Å². The minimum Gasteiger partial charge on any atom is -0.396 e. The van der Waals surface area contributed by atoms with Crippen LogP contribution in [0.1, 0.15) is 23.1 Å². The molecule has 0 fully saturated rings. The molecule has 0 aliphatic rings. The van der Waals surface area contributed by atoms with Gasteiger partial charge in [0.05, 0.1) is 0 Å². The van der Waals surface area contributed by atoms with Crippen LogP contribution < -0.4 is 5.73 Å². The molecule has 0 amide bonds. The van der Waals surface area contributed by atoms with Crippen molar-refractivity contribution in [2.45, 2.75) is 26.7 Å². The van der Waals surface area contributed by atoms with Gasteiger partial charge in [0.25, 0.3) is 0 Å². The first-order chi connectivity index (χ1) is 7.58. The van der Waals surface area contributed by atoms with Crippen molar-refractivity contribution in [3.63, 3.8) is 0 Å². The molecule has 0 radical (unpaired) electrons. The molecule has 1 unspecified atom stereocenters. The van der Waals surface area contributed by atoms with Gasteiger partial charge in [-0.3, -0.25) is 0 Å². The molecule has 16 heavy (non-hydrogen) atoms. The molecule has 0 saturated carbocycles. The third kappa shape index (κ3) is 3.29. The summed E-state index contributed by atoms with van der Waals surface area (Å²) in [6, 6.07) is 3.46. The molecule has 1 aromatic rings. The van der Waals surface area contributed by atoms with E-state index in [1.54, 1.807) is 6.07 Å². The van der Waals surface area contributed by atoms with E-state index in [9.17, 15) is 4.39 Å². The van der Waals surface area contributed by atoms with E-state index < -0.39 is 0 Å². The summed E-state index contributed by atoms with van der Waals surface area (Å²) in [6.07, 6.45) is 1.36. The Hall–Kier alpha value is -0.930. The Morgan fingerprint density at radius 2 is 1.94 bits per heavy atom. The Labute approximate surface area is 96.3 Å². The molecule has 0 bridgehead atoms. The fourth-order valence-electron chi connectivity index (χ4n) is 1.68. The molecule has 0 spiro atoms. The van der Waals surface area contributed by atoms with Gasteiger partial charge in [-0.2, -0.15) is 0 Å². The Kier molecular flexibility index (Phi) is 4.90. The fourth-order valence-corrected chi connectivity index (χ4v) is 1.68. The monoisotopic (exact) mass is 225 g/mol. The second-order valence-electron chi connectivity index (χ2n) is 4.35. The molecular formula is C13H20FNO. The predicted octanol–water partition coefficient (Wildman–Crippen LogP) is 1.94. The smallest absolute Gasteiger partial charge is 0.126 e. The summed E-state index contributed by atoms with van der Waals surface area (Å²) >= 11 is 0. The van der Waals surface area contributed by atoms with Crippen molar-refractivity contribution in [1.29, 1.82) is 0 Å². The maximum atomic E-state index is 13.6. The average molecular weight is 225 g/mol. The number of halogens is 1. The largest absolute Gasteiger partial charge is 0.396 e. The molecule has 1 aromatic carbocycles. The van der Waals surface area contributed by atoms with Gasteiger partial charge in [-0.15, -0.1) is 0 Å². The van der Waals surface area contributed by atoms with Gasteiger partial charge in [0, 0.05) is 6.61 Å². The molecule has 0 aromatic heterocycles. The molecule has 0 aliphatic carbocycles. The molecular weight excluding hydrogens is 205 g/mol. The van der Waals surface area contributed by atoms with Crippen molar-refractivity contribution in [2.75, 3.05) is 13.2 Å². The van der Waals surface area contributed by atoms with E-state index in [-0.39, 0.29) is 18.3 Å². The Morgan fingerprint density at radius 1 is 1.31 bits per heavy atom. The molecule has 3 heteroatoms. The maximum absolute atomic E-state index is 13.6. The van der Waals surface area contributed by atoms with E-state index >= 15 is 0 Å². The van der Waals surface area contributed by atoms with Crippen LogP contribution in [0, 0.1) is 25.6 Å². The summed E-state index contributed by atoms with van der Waals surface area (Å²) in [7, 11) is 0. The average Bonchev–Trinajstić information content (AvgIpc) is 2.26. The van der Waals surface area contributed by atoms with Crippen LogP contribution in [0.5, 0.6) is 0 Å². The number of aliphatic hydroxyl groups is 1. The first-order valence-electron chi connectivity index (χ1n) is 5.65. The summed E-state index contributed by atoms with van der Waals surface area (Å²) in [6.45, 7) is 4.40. The van der Waals surface area contributed by atoms with Gasteiger partial charge in [-0.25, -0.2) is 4.39 Å². The number of benzene rings is 1. The van der Waals surface area contributed by atoms with Crippen molar-refractivity contribution < 1.29 is 9.50 Å². The molecule has 1 atom stereocenters. The SMILES string of the molecule is Cc1cc(F)c(CCC(CN)CO)cc1C. The summed E-state index contributed by atoms with van der Waals surface area (Å²) < 4.78 is 13.6. The molecule has 90 valence electrons. The lowest BCUT2D eigenvalue weighted by molar-refractivity contribution is 0.223. The van der Waals surface area contributed by atoms with Gasteiger partial charge in [0.15, 0.2) is 0 Å². The molecule has 0 aliphatic heterocycles. The van der Waals surface area contributed by atoms with E-state index in [1.807, 2.05) is 19.9 Å². The van der Waals surface area contributed by atoms with E-state index in [2.05, 4.69) is 0 Å². The lowest BCUT2D eigenvalue weighted by Crippen LogP contribution is -2.18. The highest BCUT2D eigenvalue weighted by Crippen LogP contribution is 2.17. The lowest BCUT2D eigenvalue weighted by atomic mass is 9.97. The van der Waals surface area contributed by atoms with Gasteiger partial charge in [0.1, 0.15) is 5.82 Å². The Morgan fingerprint density at radius 3 is 2.50 bits per heavy atom. The van der Waals surface area contributed by atoms with Crippen molar-refractivity contribution in [2.24, 2.45) is 11.7 Å². The van der Waals surface area contributed by atoms with E-state index in [1.165, 1.54) is 0 Å². The Bertz CT molecular complexity index is 348. The third-order valence-electron chi connectivity index (χ3n) is 3.08. The number of hydrogen-bond acceptors (Lipinski definition) is 2. The van der Waals surface area contributed by atoms with E-state index in [4.69, 9.17) is 10.8 Å². The number of rotatable bonds is 5. The van der Waals surface area contributed by atoms with Crippen molar-refractivity contribution in [3.05, 3.63) is 34.6 Å². The van der Waals surface area contributed by atoms with Crippen LogP contribution in [-0.4, -0.2) is 18.3 Å². The number of aliphatic hydroxyl groups excluding tert-OH is 1. The number of nitrogens with two attached hydrogens (primary N) is 1. The van der Waals surface area contributed by atoms with Crippen molar-refractivity contribution >= 4 is 0 Å². The third-order valence-corrected chi connectivity index (χ3v) is 3.08. The second-order valence-corrected chi connectivity index (χ2v) is 4.35. The summed E-state index contributed by atoms with van der Waals surface area (Å²) in [5, 5.41) is 9.00. The van der Waals surface area contributed by atoms with E-state index in [0.717, 1.165) is 23.1 Å². The van der Waals surface area contributed by atoms with Crippen LogP contribution in [0.15, 0.2) is 12.1 Å². The zero-order chi connectivity index (χ0) is 12.1. The molecule has 0 heterocycles. The predicted molar refractivity (Wildman–Crippen MR) is 63.8 cm³/mol. The first-order valence-corrected chi connectivity index (χ1v) is 5.65. The minimum absolute atomic E-state index is 0.0704. The summed E-state index contributed by atoms with van der Waals surface area (Å²) in [5.74, 6) is -0.0854. The van der Waals surface area contributed by atoms with Crippen molar-refractivity contribution in [3.8, 4) is 0 Å². The highest BCUT2D eigenvalue weighted by Gasteiger charge is 2.09. The molecule has 0 saturated heterocycles. The van der Waals surface area contributed by atoms with Gasteiger partial charge in [0.2, 0.25) is 0 Å². The zero-order valence-electron chi connectivity index (χ0n) is 9.96.